The molecule has 5 nitrogen and oxygen atoms in total. The molecule has 0 bridgehead atoms. The van der Waals surface area contributed by atoms with Gasteiger partial charge >= 0.3 is 6.61 Å². The first-order valence-corrected chi connectivity index (χ1v) is 5.66. The Morgan fingerprint density at radius 3 is 3.11 bits per heavy atom. The lowest BCUT2D eigenvalue weighted by molar-refractivity contribution is -0.0528. The van der Waals surface area contributed by atoms with E-state index in [4.69, 9.17) is 0 Å². The number of hydrogen-bond acceptors (Lipinski definition) is 5. The van der Waals surface area contributed by atoms with Crippen LogP contribution in [0.15, 0.2) is 23.3 Å². The number of alkyl halides is 2. The first-order valence-electron chi connectivity index (χ1n) is 5.66. The molecule has 1 aromatic rings. The van der Waals surface area contributed by atoms with Gasteiger partial charge in [-0.25, -0.2) is 4.98 Å². The van der Waals surface area contributed by atoms with Crippen molar-refractivity contribution in [1.29, 1.82) is 0 Å². The maximum atomic E-state index is 12.0. The third kappa shape index (κ3) is 3.83. The first kappa shape index (κ1) is 12.5. The standard InChI is InChI=1S/C11H14F2N4O/c12-10(13)18-9-6-8(2-5-14-9)7-17-11-15-3-1-4-16-11/h2,5-6,10H,1,3-4,7H2,(H2,15,16,17). The van der Waals surface area contributed by atoms with Crippen LogP contribution in [0, 0.1) is 0 Å². The van der Waals surface area contributed by atoms with Crippen molar-refractivity contribution in [1.82, 2.24) is 15.6 Å². The number of hydrogen-bond donors (Lipinski definition) is 2. The molecular weight excluding hydrogens is 242 g/mol. The van der Waals surface area contributed by atoms with Gasteiger partial charge in [0.25, 0.3) is 0 Å². The Bertz CT molecular complexity index is 425. The van der Waals surface area contributed by atoms with E-state index in [0.717, 1.165) is 31.0 Å². The summed E-state index contributed by atoms with van der Waals surface area (Å²) in [5, 5.41) is 6.19. The van der Waals surface area contributed by atoms with Crippen LogP contribution >= 0.6 is 0 Å². The number of halogens is 2. The van der Waals surface area contributed by atoms with E-state index in [0.29, 0.717) is 6.54 Å². The van der Waals surface area contributed by atoms with Crippen molar-refractivity contribution in [3.05, 3.63) is 23.9 Å². The second-order valence-corrected chi connectivity index (χ2v) is 3.75. The van der Waals surface area contributed by atoms with Crippen LogP contribution in [-0.4, -0.2) is 30.6 Å². The van der Waals surface area contributed by atoms with Gasteiger partial charge in [-0.1, -0.05) is 0 Å². The summed E-state index contributed by atoms with van der Waals surface area (Å²) < 4.78 is 28.3. The van der Waals surface area contributed by atoms with E-state index in [1.54, 1.807) is 6.07 Å². The molecule has 0 fully saturated rings. The molecule has 0 amide bonds. The van der Waals surface area contributed by atoms with Crippen molar-refractivity contribution in [2.45, 2.75) is 19.6 Å². The van der Waals surface area contributed by atoms with Gasteiger partial charge in [-0.2, -0.15) is 8.78 Å². The molecule has 0 saturated heterocycles. The van der Waals surface area contributed by atoms with E-state index in [9.17, 15) is 8.78 Å². The number of nitrogens with zero attached hydrogens (tertiary/aromatic N) is 2. The minimum atomic E-state index is -2.86. The summed E-state index contributed by atoms with van der Waals surface area (Å²) in [6.45, 7) is -0.688. The highest BCUT2D eigenvalue weighted by atomic mass is 19.3. The van der Waals surface area contributed by atoms with E-state index in [1.807, 2.05) is 0 Å². The molecule has 0 saturated carbocycles. The molecule has 2 heterocycles. The summed E-state index contributed by atoms with van der Waals surface area (Å²) >= 11 is 0. The third-order valence-electron chi connectivity index (χ3n) is 2.37. The van der Waals surface area contributed by atoms with Crippen molar-refractivity contribution in [3.63, 3.8) is 0 Å². The van der Waals surface area contributed by atoms with Crippen LogP contribution in [0.3, 0.4) is 0 Å². The highest BCUT2D eigenvalue weighted by Crippen LogP contribution is 2.12. The summed E-state index contributed by atoms with van der Waals surface area (Å²) in [6, 6.07) is 3.21. The summed E-state index contributed by atoms with van der Waals surface area (Å²) in [6.07, 6.45) is 2.46. The lowest BCUT2D eigenvalue weighted by Gasteiger charge is -2.16. The maximum Gasteiger partial charge on any atom is 0.388 e. The minimum absolute atomic E-state index is 0.0807. The molecule has 1 aromatic heterocycles. The average molecular weight is 256 g/mol. The normalized spacial score (nSPS) is 14.9. The largest absolute Gasteiger partial charge is 0.417 e. The number of ether oxygens (including phenoxy) is 1. The van der Waals surface area contributed by atoms with Gasteiger partial charge in [0.05, 0.1) is 0 Å². The highest BCUT2D eigenvalue weighted by molar-refractivity contribution is 5.80. The zero-order valence-corrected chi connectivity index (χ0v) is 9.70. The average Bonchev–Trinajstić information content (AvgIpc) is 2.37. The van der Waals surface area contributed by atoms with Gasteiger partial charge in [-0.3, -0.25) is 4.99 Å². The summed E-state index contributed by atoms with van der Waals surface area (Å²) in [4.78, 5) is 7.94. The zero-order valence-electron chi connectivity index (χ0n) is 9.70. The van der Waals surface area contributed by atoms with Gasteiger partial charge in [0, 0.05) is 31.9 Å². The van der Waals surface area contributed by atoms with Crippen LogP contribution in [0.25, 0.3) is 0 Å². The van der Waals surface area contributed by atoms with Crippen LogP contribution in [0.1, 0.15) is 12.0 Å². The Kier molecular flexibility index (Phi) is 4.27. The van der Waals surface area contributed by atoms with Crippen LogP contribution in [0.5, 0.6) is 5.88 Å². The number of nitrogens with one attached hydrogen (secondary N) is 2. The second-order valence-electron chi connectivity index (χ2n) is 3.75. The minimum Gasteiger partial charge on any atom is -0.417 e. The van der Waals surface area contributed by atoms with Crippen LogP contribution < -0.4 is 15.4 Å². The molecule has 0 aliphatic carbocycles. The van der Waals surface area contributed by atoms with Crippen molar-refractivity contribution >= 4 is 5.96 Å². The van der Waals surface area contributed by atoms with Gasteiger partial charge < -0.3 is 15.4 Å². The number of aliphatic imine (C=N–C) groups is 1. The predicted molar refractivity (Wildman–Crippen MR) is 62.6 cm³/mol. The molecule has 0 radical (unpaired) electrons. The monoisotopic (exact) mass is 256 g/mol. The highest BCUT2D eigenvalue weighted by Gasteiger charge is 2.07. The van der Waals surface area contributed by atoms with Crippen molar-refractivity contribution in [3.8, 4) is 5.88 Å². The van der Waals surface area contributed by atoms with E-state index < -0.39 is 6.61 Å². The van der Waals surface area contributed by atoms with E-state index >= 15 is 0 Å². The number of rotatable bonds is 4. The second kappa shape index (κ2) is 6.13. The molecule has 0 aromatic carbocycles. The van der Waals surface area contributed by atoms with Gasteiger partial charge in [0.15, 0.2) is 5.96 Å². The van der Waals surface area contributed by atoms with Crippen molar-refractivity contribution < 1.29 is 13.5 Å². The molecule has 1 aliphatic heterocycles. The Labute approximate surface area is 103 Å². The topological polar surface area (TPSA) is 58.5 Å². The molecule has 0 spiro atoms. The molecule has 2 N–H and O–H groups in total. The number of guanidine groups is 1. The van der Waals surface area contributed by atoms with Crippen molar-refractivity contribution in [2.75, 3.05) is 13.1 Å². The van der Waals surface area contributed by atoms with Gasteiger partial charge in [-0.15, -0.1) is 0 Å². The van der Waals surface area contributed by atoms with Gasteiger partial charge in [0.1, 0.15) is 0 Å². The lowest BCUT2D eigenvalue weighted by Crippen LogP contribution is -2.40. The van der Waals surface area contributed by atoms with E-state index in [2.05, 4.69) is 25.3 Å². The van der Waals surface area contributed by atoms with Crippen molar-refractivity contribution in [2.24, 2.45) is 4.99 Å². The van der Waals surface area contributed by atoms with Gasteiger partial charge in [0.2, 0.25) is 5.88 Å². The molecule has 0 atom stereocenters. The fraction of sp³-hybridized carbons (Fsp3) is 0.455. The molecule has 7 heteroatoms. The SMILES string of the molecule is FC(F)Oc1cc(CNC2=NCCCN2)ccn1. The number of pyridine rings is 1. The quantitative estimate of drug-likeness (QED) is 0.847. The smallest absolute Gasteiger partial charge is 0.388 e. The molecule has 2 rings (SSSR count). The Hall–Kier alpha value is -1.92. The third-order valence-corrected chi connectivity index (χ3v) is 2.37. The van der Waals surface area contributed by atoms with E-state index in [-0.39, 0.29) is 5.88 Å². The molecule has 0 unspecified atom stereocenters. The Morgan fingerprint density at radius 1 is 1.50 bits per heavy atom. The zero-order chi connectivity index (χ0) is 12.8. The Balaban J connectivity index is 1.90. The Morgan fingerprint density at radius 2 is 2.39 bits per heavy atom. The molecular formula is C11H14F2N4O. The fourth-order valence-corrected chi connectivity index (χ4v) is 1.55. The summed E-state index contributed by atoms with van der Waals surface area (Å²) in [5.74, 6) is 0.650. The molecule has 98 valence electrons. The van der Waals surface area contributed by atoms with Crippen LogP contribution in [-0.2, 0) is 6.54 Å². The lowest BCUT2D eigenvalue weighted by atomic mass is 10.2. The first-order chi connectivity index (χ1) is 8.74. The molecule has 1 aliphatic rings. The van der Waals surface area contributed by atoms with Gasteiger partial charge in [-0.05, 0) is 18.1 Å². The maximum absolute atomic E-state index is 12.0. The fourth-order valence-electron chi connectivity index (χ4n) is 1.55. The molecule has 18 heavy (non-hydrogen) atoms. The summed E-state index contributed by atoms with van der Waals surface area (Å²) in [7, 11) is 0. The summed E-state index contributed by atoms with van der Waals surface area (Å²) in [5.41, 5.74) is 0.802. The van der Waals surface area contributed by atoms with Crippen LogP contribution in [0.4, 0.5) is 8.78 Å². The van der Waals surface area contributed by atoms with E-state index in [1.165, 1.54) is 12.3 Å². The van der Waals surface area contributed by atoms with Crippen LogP contribution in [0.2, 0.25) is 0 Å². The predicted octanol–water partition coefficient (Wildman–Crippen LogP) is 1.12. The number of aromatic nitrogens is 1.